The second-order valence-corrected chi connectivity index (χ2v) is 12.6. The summed E-state index contributed by atoms with van der Waals surface area (Å²) in [4.78, 5) is 11.8. The molecular formula is C39H36FN7. The second kappa shape index (κ2) is 12.4. The Labute approximate surface area is 274 Å². The van der Waals surface area contributed by atoms with E-state index in [0.29, 0.717) is 41.6 Å². The molecule has 1 aliphatic heterocycles. The maximum atomic E-state index is 16.2. The highest BCUT2D eigenvalue weighted by Gasteiger charge is 2.42. The molecular weight excluding hydrogens is 585 g/mol. The number of nitrogens with zero attached hydrogens (tertiary/aromatic N) is 6. The van der Waals surface area contributed by atoms with Crippen LogP contribution in [0.15, 0.2) is 115 Å². The molecule has 234 valence electrons. The summed E-state index contributed by atoms with van der Waals surface area (Å²) >= 11 is 0. The summed E-state index contributed by atoms with van der Waals surface area (Å²) in [6.07, 6.45) is 2.61. The fourth-order valence-corrected chi connectivity index (χ4v) is 7.07. The largest absolute Gasteiger partial charge is 0.355 e. The van der Waals surface area contributed by atoms with Gasteiger partial charge in [0.2, 0.25) is 0 Å². The molecule has 1 aliphatic rings. The van der Waals surface area contributed by atoms with Crippen LogP contribution in [0.4, 0.5) is 10.2 Å². The van der Waals surface area contributed by atoms with E-state index in [2.05, 4.69) is 61.2 Å². The Morgan fingerprint density at radius 2 is 1.47 bits per heavy atom. The molecule has 0 amide bonds. The van der Waals surface area contributed by atoms with Crippen LogP contribution in [-0.4, -0.2) is 38.9 Å². The molecule has 2 unspecified atom stereocenters. The van der Waals surface area contributed by atoms with Gasteiger partial charge in [0, 0.05) is 30.7 Å². The lowest BCUT2D eigenvalue weighted by molar-refractivity contribution is 0.365. The van der Waals surface area contributed by atoms with Crippen molar-refractivity contribution in [2.24, 2.45) is 17.6 Å². The average molecular weight is 622 g/mol. The van der Waals surface area contributed by atoms with E-state index >= 15 is 4.39 Å². The number of hydrogen-bond acceptors (Lipinski definition) is 6. The Morgan fingerprint density at radius 3 is 2.02 bits per heavy atom. The zero-order chi connectivity index (χ0) is 32.5. The molecule has 8 heteroatoms. The molecule has 0 radical (unpaired) electrons. The number of rotatable bonds is 8. The third-order valence-electron chi connectivity index (χ3n) is 9.47. The van der Waals surface area contributed by atoms with E-state index in [1.54, 1.807) is 6.20 Å². The van der Waals surface area contributed by atoms with E-state index in [1.807, 2.05) is 71.4 Å². The molecule has 0 bridgehead atoms. The van der Waals surface area contributed by atoms with E-state index in [1.165, 1.54) is 6.07 Å². The summed E-state index contributed by atoms with van der Waals surface area (Å²) in [6, 6.07) is 37.8. The van der Waals surface area contributed by atoms with Gasteiger partial charge in [-0.25, -0.2) is 19.0 Å². The van der Waals surface area contributed by atoms with Crippen LogP contribution in [-0.2, 0) is 5.54 Å². The first kappa shape index (κ1) is 30.3. The van der Waals surface area contributed by atoms with Crippen molar-refractivity contribution in [1.82, 2.24) is 19.7 Å². The smallest absolute Gasteiger partial charge is 0.160 e. The standard InChI is InChI=1S/C39H36FN7/c1-26(2)34(42)27-20-22-46(25-27)37-28(24-41)23-33(40)36(44-37)35-32-19-12-21-43-38(32)47(45-35)39(29-13-6-3-7-14-29,30-15-8-4-9-16-30)31-17-10-5-11-18-31/h3-19,21,23,26-27,34H,20,22,25,42H2,1-2H3. The van der Waals surface area contributed by atoms with Crippen molar-refractivity contribution in [3.05, 3.63) is 143 Å². The Hall–Kier alpha value is -5.39. The first-order valence-electron chi connectivity index (χ1n) is 16.1. The Kier molecular flexibility index (Phi) is 8.00. The first-order valence-corrected chi connectivity index (χ1v) is 16.1. The van der Waals surface area contributed by atoms with E-state index in [0.717, 1.165) is 23.1 Å². The lowest BCUT2D eigenvalue weighted by atomic mass is 9.77. The molecule has 2 atom stereocenters. The summed E-state index contributed by atoms with van der Waals surface area (Å²) in [5, 5.41) is 15.9. The third kappa shape index (κ3) is 5.13. The molecule has 3 aromatic heterocycles. The van der Waals surface area contributed by atoms with Gasteiger partial charge >= 0.3 is 0 Å². The van der Waals surface area contributed by atoms with Crippen LogP contribution in [0.1, 0.15) is 42.5 Å². The second-order valence-electron chi connectivity index (χ2n) is 12.6. The van der Waals surface area contributed by atoms with Gasteiger partial charge in [0.1, 0.15) is 28.8 Å². The van der Waals surface area contributed by atoms with E-state index in [9.17, 15) is 5.26 Å². The van der Waals surface area contributed by atoms with Gasteiger partial charge in [-0.15, -0.1) is 0 Å². The molecule has 1 saturated heterocycles. The quantitative estimate of drug-likeness (QED) is 0.181. The Bertz CT molecular complexity index is 1960. The fourth-order valence-electron chi connectivity index (χ4n) is 7.07. The number of aromatic nitrogens is 4. The highest BCUT2D eigenvalue weighted by atomic mass is 19.1. The number of benzene rings is 3. The number of anilines is 1. The van der Waals surface area contributed by atoms with E-state index < -0.39 is 11.4 Å². The highest BCUT2D eigenvalue weighted by Crippen LogP contribution is 2.44. The Balaban J connectivity index is 1.48. The van der Waals surface area contributed by atoms with Crippen LogP contribution in [0, 0.1) is 29.0 Å². The number of halogens is 1. The maximum Gasteiger partial charge on any atom is 0.160 e. The third-order valence-corrected chi connectivity index (χ3v) is 9.47. The number of fused-ring (bicyclic) bond motifs is 1. The molecule has 3 aromatic carbocycles. The Morgan fingerprint density at radius 1 is 0.872 bits per heavy atom. The molecule has 7 rings (SSSR count). The molecule has 6 aromatic rings. The molecule has 1 fully saturated rings. The van der Waals surface area contributed by atoms with Gasteiger partial charge in [-0.2, -0.15) is 10.4 Å². The van der Waals surface area contributed by atoms with Crippen molar-refractivity contribution in [2.45, 2.75) is 31.8 Å². The molecule has 0 saturated carbocycles. The molecule has 4 heterocycles. The number of nitrogens with two attached hydrogens (primary N) is 1. The molecule has 7 nitrogen and oxygen atoms in total. The summed E-state index contributed by atoms with van der Waals surface area (Å²) in [5.74, 6) is 0.424. The summed E-state index contributed by atoms with van der Waals surface area (Å²) < 4.78 is 18.1. The van der Waals surface area contributed by atoms with Gasteiger partial charge in [0.15, 0.2) is 11.5 Å². The zero-order valence-corrected chi connectivity index (χ0v) is 26.5. The van der Waals surface area contributed by atoms with Crippen LogP contribution in [0.2, 0.25) is 0 Å². The van der Waals surface area contributed by atoms with Crippen molar-refractivity contribution < 1.29 is 4.39 Å². The van der Waals surface area contributed by atoms with Crippen LogP contribution < -0.4 is 10.6 Å². The normalized spacial score (nSPS) is 15.7. The first-order chi connectivity index (χ1) is 22.9. The van der Waals surface area contributed by atoms with Gasteiger partial charge in [-0.1, -0.05) is 105 Å². The van der Waals surface area contributed by atoms with Crippen LogP contribution in [0.3, 0.4) is 0 Å². The predicted molar refractivity (Wildman–Crippen MR) is 183 cm³/mol. The van der Waals surface area contributed by atoms with Crippen molar-refractivity contribution in [3.63, 3.8) is 0 Å². The minimum atomic E-state index is -0.963. The van der Waals surface area contributed by atoms with Crippen LogP contribution in [0.5, 0.6) is 0 Å². The van der Waals surface area contributed by atoms with Gasteiger partial charge in [0.25, 0.3) is 0 Å². The summed E-state index contributed by atoms with van der Waals surface area (Å²) in [7, 11) is 0. The van der Waals surface area contributed by atoms with E-state index in [-0.39, 0.29) is 23.2 Å². The number of pyridine rings is 2. The number of hydrogen-bond donors (Lipinski definition) is 1. The van der Waals surface area contributed by atoms with Crippen molar-refractivity contribution >= 4 is 16.9 Å². The van der Waals surface area contributed by atoms with Crippen molar-refractivity contribution in [2.75, 3.05) is 18.0 Å². The summed E-state index contributed by atoms with van der Waals surface area (Å²) in [6.45, 7) is 5.59. The lowest BCUT2D eigenvalue weighted by Gasteiger charge is -2.36. The molecule has 47 heavy (non-hydrogen) atoms. The SMILES string of the molecule is CC(C)C(N)C1CCN(c2nc(-c3nn(C(c4ccccc4)(c4ccccc4)c4ccccc4)c4ncccc34)c(F)cc2C#N)C1. The molecule has 2 N–H and O–H groups in total. The van der Waals surface area contributed by atoms with Crippen LogP contribution in [0.25, 0.3) is 22.4 Å². The average Bonchev–Trinajstić information content (AvgIpc) is 3.76. The highest BCUT2D eigenvalue weighted by molar-refractivity contribution is 5.91. The monoisotopic (exact) mass is 621 g/mol. The lowest BCUT2D eigenvalue weighted by Crippen LogP contribution is -2.38. The van der Waals surface area contributed by atoms with Crippen molar-refractivity contribution in [1.29, 1.82) is 5.26 Å². The van der Waals surface area contributed by atoms with Gasteiger partial charge < -0.3 is 10.6 Å². The van der Waals surface area contributed by atoms with Crippen LogP contribution >= 0.6 is 0 Å². The predicted octanol–water partition coefficient (Wildman–Crippen LogP) is 7.15. The zero-order valence-electron chi connectivity index (χ0n) is 26.5. The summed E-state index contributed by atoms with van der Waals surface area (Å²) in [5.41, 5.74) is 9.69. The number of nitriles is 1. The van der Waals surface area contributed by atoms with Crippen molar-refractivity contribution in [3.8, 4) is 17.5 Å². The fraction of sp³-hybridized carbons (Fsp3) is 0.231. The minimum Gasteiger partial charge on any atom is -0.355 e. The molecule has 0 spiro atoms. The molecule has 0 aliphatic carbocycles. The van der Waals surface area contributed by atoms with Gasteiger partial charge in [-0.05, 0) is 53.1 Å². The van der Waals surface area contributed by atoms with Gasteiger partial charge in [0.05, 0.1) is 5.56 Å². The van der Waals surface area contributed by atoms with E-state index in [4.69, 9.17) is 20.8 Å². The maximum absolute atomic E-state index is 16.2. The van der Waals surface area contributed by atoms with Gasteiger partial charge in [-0.3, -0.25) is 0 Å². The topological polar surface area (TPSA) is 96.7 Å². The minimum absolute atomic E-state index is 0.0262.